The van der Waals surface area contributed by atoms with Crippen molar-refractivity contribution in [3.8, 4) is 33.4 Å². The van der Waals surface area contributed by atoms with Gasteiger partial charge in [0.15, 0.2) is 0 Å². The number of allylic oxidation sites excluding steroid dienone is 15. The fourth-order valence-corrected chi connectivity index (χ4v) is 13.3. The van der Waals surface area contributed by atoms with Crippen LogP contribution < -0.4 is 0 Å². The van der Waals surface area contributed by atoms with E-state index in [0.29, 0.717) is 0 Å². The molecule has 0 spiro atoms. The first kappa shape index (κ1) is 53.2. The number of hydrogen-bond donors (Lipinski definition) is 0. The molecule has 0 radical (unpaired) electrons. The maximum atomic E-state index is 2.38. The largest absolute Gasteiger partial charge is 0.0761 e. The van der Waals surface area contributed by atoms with Crippen molar-refractivity contribution in [3.05, 3.63) is 414 Å². The van der Waals surface area contributed by atoms with Crippen LogP contribution in [0.25, 0.3) is 51.6 Å². The Labute approximate surface area is 496 Å². The van der Waals surface area contributed by atoms with E-state index < -0.39 is 0 Å². The van der Waals surface area contributed by atoms with Gasteiger partial charge in [-0.25, -0.2) is 0 Å². The first-order valence-electron chi connectivity index (χ1n) is 29.5. The summed E-state index contributed by atoms with van der Waals surface area (Å²) < 4.78 is 0. The van der Waals surface area contributed by atoms with Gasteiger partial charge in [0.05, 0.1) is 0 Å². The lowest BCUT2D eigenvalue weighted by molar-refractivity contribution is 0.539. The minimum atomic E-state index is -0.324. The first-order chi connectivity index (χ1) is 41.6. The molecule has 3 aliphatic rings. The molecule has 3 atom stereocenters. The van der Waals surface area contributed by atoms with Crippen LogP contribution in [0.1, 0.15) is 50.1 Å². The molecule has 3 aliphatic carbocycles. The van der Waals surface area contributed by atoms with Gasteiger partial charge in [-0.2, -0.15) is 0 Å². The zero-order valence-electron chi connectivity index (χ0n) is 47.1. The summed E-state index contributed by atoms with van der Waals surface area (Å²) in [5.74, 6) is 0.352. The van der Waals surface area contributed by atoms with Gasteiger partial charge in [-0.1, -0.05) is 364 Å². The molecule has 10 aromatic rings. The number of benzene rings is 10. The third kappa shape index (κ3) is 10.6. The highest BCUT2D eigenvalue weighted by atomic mass is 14.4. The molecule has 84 heavy (non-hydrogen) atoms. The maximum Gasteiger partial charge on any atom is 0.0482 e. The van der Waals surface area contributed by atoms with Gasteiger partial charge >= 0.3 is 0 Å². The van der Waals surface area contributed by atoms with Gasteiger partial charge in [-0.15, -0.1) is 0 Å². The molecule has 0 N–H and O–H groups in total. The predicted octanol–water partition coefficient (Wildman–Crippen LogP) is 20.9. The Kier molecular flexibility index (Phi) is 15.3. The Balaban J connectivity index is 0.823. The highest BCUT2D eigenvalue weighted by Crippen LogP contribution is 2.47. The molecule has 0 saturated carbocycles. The van der Waals surface area contributed by atoms with Crippen molar-refractivity contribution < 1.29 is 0 Å². The zero-order chi connectivity index (χ0) is 56.4. The van der Waals surface area contributed by atoms with E-state index in [4.69, 9.17) is 0 Å². The van der Waals surface area contributed by atoms with E-state index in [1.54, 1.807) is 0 Å². The molecule has 10 aromatic carbocycles. The number of hydrogen-bond acceptors (Lipinski definition) is 0. The lowest BCUT2D eigenvalue weighted by Crippen LogP contribution is -2.34. The van der Waals surface area contributed by atoms with Gasteiger partial charge in [0.1, 0.15) is 0 Å². The van der Waals surface area contributed by atoms with Crippen molar-refractivity contribution in [2.24, 2.45) is 17.8 Å². The lowest BCUT2D eigenvalue weighted by atomic mass is 9.64. The average Bonchev–Trinajstić information content (AvgIpc) is 3.18. The minimum Gasteiger partial charge on any atom is -0.0761 e. The van der Waals surface area contributed by atoms with E-state index in [0.717, 1.165) is 16.7 Å². The average molecular weight is 1080 g/mol. The van der Waals surface area contributed by atoms with E-state index in [9.17, 15) is 0 Å². The van der Waals surface area contributed by atoms with E-state index in [-0.39, 0.29) is 34.0 Å². The number of rotatable bonds is 15. The molecule has 402 valence electrons. The molecular formula is C84H66. The van der Waals surface area contributed by atoms with Crippen LogP contribution in [0.2, 0.25) is 0 Å². The topological polar surface area (TPSA) is 0 Å². The third-order valence-electron chi connectivity index (χ3n) is 17.6. The molecule has 3 unspecified atom stereocenters. The van der Waals surface area contributed by atoms with Crippen molar-refractivity contribution in [2.45, 2.75) is 16.2 Å². The normalized spacial score (nSPS) is 18.2. The molecule has 0 aliphatic heterocycles. The standard InChI is InChI=1S/C84H66/c1-7-25-73(26-8-1)82(74-27-9-2-10-28-74)58-22-19-37-79(82)55-46-64-40-49-67(50-41-64)70-61-71(68-51-42-65(43-52-68)47-56-80-38-20-23-59-83(80,75-29-11-3-12-30-75)76-31-13-4-14-32-76)63-72(62-70)69-53-44-66(45-54-69)48-57-81-39-21-24-60-84(81,77-33-15-5-16-34-77)78-35-17-6-18-36-78/h1-63,79-81H. The van der Waals surface area contributed by atoms with Crippen LogP contribution >= 0.6 is 0 Å². The van der Waals surface area contributed by atoms with Crippen LogP contribution in [0.3, 0.4) is 0 Å². The van der Waals surface area contributed by atoms with Crippen LogP contribution in [0.4, 0.5) is 0 Å². The molecule has 0 nitrogen and oxygen atoms in total. The molecule has 0 bridgehead atoms. The second-order valence-corrected chi connectivity index (χ2v) is 22.4. The van der Waals surface area contributed by atoms with Crippen molar-refractivity contribution in [2.75, 3.05) is 0 Å². The van der Waals surface area contributed by atoms with Crippen molar-refractivity contribution in [1.82, 2.24) is 0 Å². The van der Waals surface area contributed by atoms with Gasteiger partial charge in [0, 0.05) is 34.0 Å². The van der Waals surface area contributed by atoms with Gasteiger partial charge in [-0.05, 0) is 102 Å². The molecule has 0 heteroatoms. The Morgan fingerprint density at radius 1 is 0.214 bits per heavy atom. The molecule has 0 fully saturated rings. The summed E-state index contributed by atoms with van der Waals surface area (Å²) in [6.07, 6.45) is 41.3. The Morgan fingerprint density at radius 3 is 0.643 bits per heavy atom. The van der Waals surface area contributed by atoms with Gasteiger partial charge in [0.25, 0.3) is 0 Å². The second kappa shape index (κ2) is 24.1. The highest BCUT2D eigenvalue weighted by molar-refractivity contribution is 5.82. The maximum absolute atomic E-state index is 2.38. The van der Waals surface area contributed by atoms with Crippen molar-refractivity contribution >= 4 is 18.2 Å². The SMILES string of the molecule is C1=CC(C=Cc2ccc(-c3cc(-c4ccc(C=CC5C=CC=CC5(c5ccccc5)c5ccccc5)cc4)cc(-c4ccc(C=CC5C=CC=CC5(c5ccccc5)c5ccccc5)cc4)c3)cc2)C(c2ccccc2)(c2ccccc2)C=C1. The smallest absolute Gasteiger partial charge is 0.0482 e. The lowest BCUT2D eigenvalue weighted by Gasteiger charge is -2.38. The molecule has 0 aromatic heterocycles. The van der Waals surface area contributed by atoms with E-state index in [1.807, 2.05) is 0 Å². The van der Waals surface area contributed by atoms with Crippen LogP contribution in [0.15, 0.2) is 364 Å². The molecule has 0 amide bonds. The fraction of sp³-hybridized carbons (Fsp3) is 0.0714. The first-order valence-corrected chi connectivity index (χ1v) is 29.5. The summed E-state index contributed by atoms with van der Waals surface area (Å²) in [4.78, 5) is 0. The summed E-state index contributed by atoms with van der Waals surface area (Å²) >= 11 is 0. The second-order valence-electron chi connectivity index (χ2n) is 22.4. The van der Waals surface area contributed by atoms with Gasteiger partial charge in [-0.3, -0.25) is 0 Å². The summed E-state index contributed by atoms with van der Waals surface area (Å²) in [5.41, 5.74) is 17.2. The minimum absolute atomic E-state index is 0.117. The summed E-state index contributed by atoms with van der Waals surface area (Å²) in [6.45, 7) is 0. The highest BCUT2D eigenvalue weighted by Gasteiger charge is 2.41. The molecule has 13 rings (SSSR count). The van der Waals surface area contributed by atoms with Gasteiger partial charge < -0.3 is 0 Å². The van der Waals surface area contributed by atoms with Crippen molar-refractivity contribution in [3.63, 3.8) is 0 Å². The van der Waals surface area contributed by atoms with Gasteiger partial charge in [0.2, 0.25) is 0 Å². The quantitative estimate of drug-likeness (QED) is 0.0960. The Morgan fingerprint density at radius 2 is 0.429 bits per heavy atom. The third-order valence-corrected chi connectivity index (χ3v) is 17.6. The molecule has 0 saturated heterocycles. The molecule has 0 heterocycles. The summed E-state index contributed by atoms with van der Waals surface area (Å²) in [5, 5.41) is 0. The molecular weight excluding hydrogens is 1010 g/mol. The van der Waals surface area contributed by atoms with E-state index in [2.05, 4.69) is 382 Å². The summed E-state index contributed by atoms with van der Waals surface area (Å²) in [7, 11) is 0. The van der Waals surface area contributed by atoms with E-state index in [1.165, 1.54) is 66.8 Å². The van der Waals surface area contributed by atoms with Crippen LogP contribution in [-0.2, 0) is 16.2 Å². The van der Waals surface area contributed by atoms with Crippen LogP contribution in [0, 0.1) is 17.8 Å². The zero-order valence-corrected chi connectivity index (χ0v) is 47.1. The summed E-state index contributed by atoms with van der Waals surface area (Å²) in [6, 6.07) is 99.9. The van der Waals surface area contributed by atoms with Crippen molar-refractivity contribution in [1.29, 1.82) is 0 Å². The van der Waals surface area contributed by atoms with E-state index >= 15 is 0 Å². The Bertz CT molecular complexity index is 3550. The van der Waals surface area contributed by atoms with Crippen LogP contribution in [0.5, 0.6) is 0 Å². The Hall–Kier alpha value is -10.1. The monoisotopic (exact) mass is 1070 g/mol. The fourth-order valence-electron chi connectivity index (χ4n) is 13.3. The predicted molar refractivity (Wildman–Crippen MR) is 356 cm³/mol. The van der Waals surface area contributed by atoms with Crippen LogP contribution in [-0.4, -0.2) is 0 Å².